The molecule has 0 aliphatic carbocycles. The van der Waals surface area contributed by atoms with E-state index in [2.05, 4.69) is 22.7 Å². The lowest BCUT2D eigenvalue weighted by molar-refractivity contribution is -0.117. The lowest BCUT2D eigenvalue weighted by atomic mass is 10.5. The number of amides is 3. The van der Waals surface area contributed by atoms with Crippen molar-refractivity contribution in [2.45, 2.75) is 6.42 Å². The first-order valence-electron chi connectivity index (χ1n) is 4.68. The molecule has 1 rings (SSSR count). The molecule has 8 heteroatoms. The number of hydrogen-bond acceptors (Lipinski definition) is 5. The number of hydrogen-bond donors (Lipinski definition) is 5. The standard InChI is InChI=1S/C4H10N4O.C4H7NO2/c5-4(9)7-8-3-1-2-6-8;1-2-4(7)5-3-6/h6H,1-3H2,(H3,5,7,9);2,6H,1,3H2,(H,5,7). The first-order valence-corrected chi connectivity index (χ1v) is 4.68. The Labute approximate surface area is 93.4 Å². The number of carbonyl (C=O) groups is 2. The van der Waals surface area contributed by atoms with Gasteiger partial charge in [0.15, 0.2) is 0 Å². The van der Waals surface area contributed by atoms with Gasteiger partial charge < -0.3 is 16.2 Å². The van der Waals surface area contributed by atoms with Crippen LogP contribution in [0.15, 0.2) is 12.7 Å². The first kappa shape index (κ1) is 14.4. The first-order chi connectivity index (χ1) is 7.60. The van der Waals surface area contributed by atoms with Gasteiger partial charge in [0.1, 0.15) is 6.73 Å². The van der Waals surface area contributed by atoms with Crippen LogP contribution in [0.5, 0.6) is 0 Å². The van der Waals surface area contributed by atoms with Gasteiger partial charge in [0, 0.05) is 13.1 Å². The Balaban J connectivity index is 0.000000293. The van der Waals surface area contributed by atoms with Crippen LogP contribution in [0.4, 0.5) is 4.79 Å². The molecular formula is C8H17N5O3. The Morgan fingerprint density at radius 2 is 2.31 bits per heavy atom. The topological polar surface area (TPSA) is 120 Å². The molecule has 1 saturated heterocycles. The van der Waals surface area contributed by atoms with Crippen molar-refractivity contribution in [2.24, 2.45) is 5.73 Å². The largest absolute Gasteiger partial charge is 0.376 e. The number of aliphatic hydroxyl groups excluding tert-OH is 1. The van der Waals surface area contributed by atoms with Crippen LogP contribution in [-0.2, 0) is 4.79 Å². The maximum Gasteiger partial charge on any atom is 0.327 e. The molecule has 1 heterocycles. The molecule has 0 aromatic rings. The Kier molecular flexibility index (Phi) is 7.76. The monoisotopic (exact) mass is 231 g/mol. The summed E-state index contributed by atoms with van der Waals surface area (Å²) < 4.78 is 0. The lowest BCUT2D eigenvalue weighted by Gasteiger charge is -2.13. The molecule has 3 amide bonds. The van der Waals surface area contributed by atoms with Gasteiger partial charge in [-0.25, -0.2) is 10.2 Å². The Morgan fingerprint density at radius 1 is 1.62 bits per heavy atom. The molecule has 0 aromatic heterocycles. The molecule has 0 atom stereocenters. The number of rotatable bonds is 3. The molecule has 0 spiro atoms. The molecule has 1 aliphatic rings. The van der Waals surface area contributed by atoms with E-state index in [1.54, 1.807) is 5.12 Å². The number of nitrogens with zero attached hydrogens (tertiary/aromatic N) is 1. The fraction of sp³-hybridized carbons (Fsp3) is 0.500. The van der Waals surface area contributed by atoms with Crippen LogP contribution < -0.4 is 21.9 Å². The number of nitrogens with two attached hydrogens (primary N) is 1. The Hall–Kier alpha value is -1.64. The predicted molar refractivity (Wildman–Crippen MR) is 57.5 cm³/mol. The highest BCUT2D eigenvalue weighted by atomic mass is 16.3. The van der Waals surface area contributed by atoms with E-state index in [4.69, 9.17) is 10.8 Å². The van der Waals surface area contributed by atoms with Crippen molar-refractivity contribution < 1.29 is 14.7 Å². The highest BCUT2D eigenvalue weighted by Gasteiger charge is 2.10. The number of primary amides is 1. The maximum absolute atomic E-state index is 10.2. The zero-order chi connectivity index (χ0) is 12.4. The summed E-state index contributed by atoms with van der Waals surface area (Å²) in [6.45, 7) is 4.55. The third-order valence-corrected chi connectivity index (χ3v) is 1.54. The van der Waals surface area contributed by atoms with Crippen LogP contribution in [0.3, 0.4) is 0 Å². The van der Waals surface area contributed by atoms with Crippen LogP contribution in [-0.4, -0.2) is 42.0 Å². The molecule has 0 unspecified atom stereocenters. The highest BCUT2D eigenvalue weighted by molar-refractivity contribution is 5.86. The van der Waals surface area contributed by atoms with Gasteiger partial charge in [0.05, 0.1) is 0 Å². The third kappa shape index (κ3) is 7.74. The lowest BCUT2D eigenvalue weighted by Crippen LogP contribution is -2.48. The quantitative estimate of drug-likeness (QED) is 0.285. The van der Waals surface area contributed by atoms with Crippen molar-refractivity contribution >= 4 is 11.9 Å². The summed E-state index contributed by atoms with van der Waals surface area (Å²) in [5, 5.41) is 11.7. The molecule has 0 bridgehead atoms. The van der Waals surface area contributed by atoms with Gasteiger partial charge in [0.25, 0.3) is 0 Å². The van der Waals surface area contributed by atoms with E-state index in [1.165, 1.54) is 0 Å². The molecule has 92 valence electrons. The van der Waals surface area contributed by atoms with Crippen LogP contribution in [0, 0.1) is 0 Å². The summed E-state index contributed by atoms with van der Waals surface area (Å²) in [5.41, 5.74) is 10.2. The summed E-state index contributed by atoms with van der Waals surface area (Å²) >= 11 is 0. The average Bonchev–Trinajstić information content (AvgIpc) is 2.71. The van der Waals surface area contributed by atoms with Crippen LogP contribution in [0.25, 0.3) is 0 Å². The van der Waals surface area contributed by atoms with E-state index >= 15 is 0 Å². The van der Waals surface area contributed by atoms with E-state index in [1.807, 2.05) is 0 Å². The third-order valence-electron chi connectivity index (χ3n) is 1.54. The molecule has 8 nitrogen and oxygen atoms in total. The van der Waals surface area contributed by atoms with Crippen LogP contribution in [0.2, 0.25) is 0 Å². The highest BCUT2D eigenvalue weighted by Crippen LogP contribution is 1.89. The van der Waals surface area contributed by atoms with Gasteiger partial charge in [-0.3, -0.25) is 10.2 Å². The molecule has 1 aliphatic heterocycles. The molecule has 0 saturated carbocycles. The minimum absolute atomic E-state index is 0.329. The smallest absolute Gasteiger partial charge is 0.327 e. The SMILES string of the molecule is C=CC(=O)NCO.NC(=O)NN1CCCN1. The summed E-state index contributed by atoms with van der Waals surface area (Å²) in [5.74, 6) is -0.359. The minimum atomic E-state index is -0.524. The Morgan fingerprint density at radius 3 is 2.62 bits per heavy atom. The summed E-state index contributed by atoms with van der Waals surface area (Å²) in [7, 11) is 0. The van der Waals surface area contributed by atoms with E-state index < -0.39 is 6.03 Å². The van der Waals surface area contributed by atoms with E-state index in [9.17, 15) is 9.59 Å². The summed E-state index contributed by atoms with van der Waals surface area (Å²) in [4.78, 5) is 20.2. The van der Waals surface area contributed by atoms with Crippen molar-refractivity contribution in [1.82, 2.24) is 21.3 Å². The molecule has 0 radical (unpaired) electrons. The van der Waals surface area contributed by atoms with E-state index in [-0.39, 0.29) is 12.6 Å². The average molecular weight is 231 g/mol. The van der Waals surface area contributed by atoms with Crippen LogP contribution >= 0.6 is 0 Å². The fourth-order valence-corrected chi connectivity index (χ4v) is 0.909. The number of hydrazine groups is 2. The molecule has 1 fully saturated rings. The predicted octanol–water partition coefficient (Wildman–Crippen LogP) is -1.98. The van der Waals surface area contributed by atoms with Gasteiger partial charge in [-0.1, -0.05) is 6.58 Å². The second-order valence-corrected chi connectivity index (χ2v) is 2.79. The van der Waals surface area contributed by atoms with E-state index in [0.29, 0.717) is 0 Å². The summed E-state index contributed by atoms with van der Waals surface area (Å²) in [6.07, 6.45) is 2.14. The van der Waals surface area contributed by atoms with E-state index in [0.717, 1.165) is 25.6 Å². The fourth-order valence-electron chi connectivity index (χ4n) is 0.909. The number of aliphatic hydroxyl groups is 1. The van der Waals surface area contributed by atoms with Crippen molar-refractivity contribution in [3.05, 3.63) is 12.7 Å². The number of nitrogens with one attached hydrogen (secondary N) is 3. The zero-order valence-corrected chi connectivity index (χ0v) is 8.90. The maximum atomic E-state index is 10.2. The second-order valence-electron chi connectivity index (χ2n) is 2.79. The second kappa shape index (κ2) is 8.65. The van der Waals surface area contributed by atoms with Gasteiger partial charge in [0.2, 0.25) is 5.91 Å². The summed E-state index contributed by atoms with van der Waals surface area (Å²) in [6, 6.07) is -0.524. The van der Waals surface area contributed by atoms with Crippen LogP contribution in [0.1, 0.15) is 6.42 Å². The normalized spacial score (nSPS) is 14.6. The van der Waals surface area contributed by atoms with Gasteiger partial charge in [-0.05, 0) is 12.5 Å². The van der Waals surface area contributed by atoms with Crippen molar-refractivity contribution in [3.8, 4) is 0 Å². The molecule has 16 heavy (non-hydrogen) atoms. The Bertz CT molecular complexity index is 240. The van der Waals surface area contributed by atoms with Gasteiger partial charge in [-0.2, -0.15) is 5.12 Å². The zero-order valence-electron chi connectivity index (χ0n) is 8.90. The van der Waals surface area contributed by atoms with Crippen molar-refractivity contribution in [1.29, 1.82) is 0 Å². The molecular weight excluding hydrogens is 214 g/mol. The minimum Gasteiger partial charge on any atom is -0.376 e. The molecule has 6 N–H and O–H groups in total. The van der Waals surface area contributed by atoms with Crippen molar-refractivity contribution in [3.63, 3.8) is 0 Å². The van der Waals surface area contributed by atoms with Crippen molar-refractivity contribution in [2.75, 3.05) is 19.8 Å². The number of urea groups is 1. The van der Waals surface area contributed by atoms with Gasteiger partial charge in [-0.15, -0.1) is 0 Å². The number of carbonyl (C=O) groups excluding carboxylic acids is 2. The molecule has 0 aromatic carbocycles. The van der Waals surface area contributed by atoms with Gasteiger partial charge >= 0.3 is 6.03 Å².